The molecule has 0 saturated heterocycles. The van der Waals surface area contributed by atoms with E-state index in [0.29, 0.717) is 12.3 Å². The molecule has 0 atom stereocenters. The van der Waals surface area contributed by atoms with E-state index in [-0.39, 0.29) is 0 Å². The summed E-state index contributed by atoms with van der Waals surface area (Å²) < 4.78 is 5.68. The maximum atomic E-state index is 5.94. The number of ether oxygens (including phenoxy) is 1. The first kappa shape index (κ1) is 14.8. The summed E-state index contributed by atoms with van der Waals surface area (Å²) in [5.41, 5.74) is 9.20. The second-order valence-corrected chi connectivity index (χ2v) is 6.03. The van der Waals surface area contributed by atoms with Gasteiger partial charge >= 0.3 is 0 Å². The minimum atomic E-state index is 0.696. The molecule has 0 radical (unpaired) electrons. The third-order valence-corrected chi connectivity index (χ3v) is 4.17. The number of rotatable bonds is 5. The summed E-state index contributed by atoms with van der Waals surface area (Å²) in [6.07, 6.45) is 0.980. The SMILES string of the molecule is CCCOc1cc(Sc2cc(C)ccc2C)ccc1N. The molecule has 2 aromatic carbocycles. The summed E-state index contributed by atoms with van der Waals surface area (Å²) in [5.74, 6) is 0.780. The lowest BCUT2D eigenvalue weighted by Crippen LogP contribution is -1.99. The molecule has 0 aliphatic carbocycles. The second kappa shape index (κ2) is 6.71. The summed E-state index contributed by atoms with van der Waals surface area (Å²) in [4.78, 5) is 2.43. The van der Waals surface area contributed by atoms with Crippen molar-refractivity contribution in [1.82, 2.24) is 0 Å². The molecule has 0 spiro atoms. The molecule has 0 heterocycles. The fourth-order valence-corrected chi connectivity index (χ4v) is 2.89. The predicted molar refractivity (Wildman–Crippen MR) is 86.7 cm³/mol. The molecule has 106 valence electrons. The van der Waals surface area contributed by atoms with E-state index in [0.717, 1.165) is 17.1 Å². The van der Waals surface area contributed by atoms with Gasteiger partial charge in [-0.15, -0.1) is 0 Å². The third-order valence-electron chi connectivity index (χ3n) is 3.02. The summed E-state index contributed by atoms with van der Waals surface area (Å²) in [6, 6.07) is 12.5. The standard InChI is InChI=1S/C17H21NOS/c1-4-9-19-16-11-14(7-8-15(16)18)20-17-10-12(2)5-6-13(17)3/h5-8,10-11H,4,9,18H2,1-3H3. The summed E-state index contributed by atoms with van der Waals surface area (Å²) in [6.45, 7) is 7.03. The maximum absolute atomic E-state index is 5.94. The molecule has 0 unspecified atom stereocenters. The Hall–Kier alpha value is -1.61. The number of anilines is 1. The van der Waals surface area contributed by atoms with Crippen molar-refractivity contribution in [3.05, 3.63) is 47.5 Å². The van der Waals surface area contributed by atoms with Crippen molar-refractivity contribution in [3.63, 3.8) is 0 Å². The molecule has 0 saturated carbocycles. The molecule has 2 N–H and O–H groups in total. The first-order chi connectivity index (χ1) is 9.60. The topological polar surface area (TPSA) is 35.2 Å². The largest absolute Gasteiger partial charge is 0.491 e. The van der Waals surface area contributed by atoms with E-state index in [1.54, 1.807) is 11.8 Å². The highest BCUT2D eigenvalue weighted by Gasteiger charge is 2.06. The lowest BCUT2D eigenvalue weighted by Gasteiger charge is -2.11. The number of nitrogen functional groups attached to an aromatic ring is 1. The number of hydrogen-bond donors (Lipinski definition) is 1. The van der Waals surface area contributed by atoms with Crippen LogP contribution < -0.4 is 10.5 Å². The van der Waals surface area contributed by atoms with E-state index in [1.807, 2.05) is 18.2 Å². The van der Waals surface area contributed by atoms with Gasteiger partial charge in [0.25, 0.3) is 0 Å². The van der Waals surface area contributed by atoms with E-state index < -0.39 is 0 Å². The van der Waals surface area contributed by atoms with E-state index >= 15 is 0 Å². The van der Waals surface area contributed by atoms with Crippen molar-refractivity contribution in [2.45, 2.75) is 37.0 Å². The molecule has 20 heavy (non-hydrogen) atoms. The van der Waals surface area contributed by atoms with Gasteiger partial charge in [-0.1, -0.05) is 30.8 Å². The molecule has 0 fully saturated rings. The first-order valence-corrected chi connectivity index (χ1v) is 7.69. The van der Waals surface area contributed by atoms with E-state index in [1.165, 1.54) is 16.0 Å². The van der Waals surface area contributed by atoms with Crippen molar-refractivity contribution in [3.8, 4) is 5.75 Å². The van der Waals surface area contributed by atoms with Crippen LogP contribution in [-0.4, -0.2) is 6.61 Å². The van der Waals surface area contributed by atoms with Gasteiger partial charge in [0.1, 0.15) is 5.75 Å². The monoisotopic (exact) mass is 287 g/mol. The Morgan fingerprint density at radius 1 is 1.10 bits per heavy atom. The van der Waals surface area contributed by atoms with Crippen LogP contribution in [0.2, 0.25) is 0 Å². The molecule has 2 nitrogen and oxygen atoms in total. The minimum absolute atomic E-state index is 0.696. The fraction of sp³-hybridized carbons (Fsp3) is 0.294. The Bertz CT molecular complexity index is 596. The van der Waals surface area contributed by atoms with Crippen LogP contribution in [0.1, 0.15) is 24.5 Å². The lowest BCUT2D eigenvalue weighted by molar-refractivity contribution is 0.318. The number of nitrogens with two attached hydrogens (primary N) is 1. The van der Waals surface area contributed by atoms with Crippen molar-refractivity contribution in [2.24, 2.45) is 0 Å². The average molecular weight is 287 g/mol. The summed E-state index contributed by atoms with van der Waals surface area (Å²) in [7, 11) is 0. The van der Waals surface area contributed by atoms with Crippen LogP contribution in [0.3, 0.4) is 0 Å². The Kier molecular flexibility index (Phi) is 4.96. The Morgan fingerprint density at radius 3 is 2.65 bits per heavy atom. The molecular formula is C17H21NOS. The van der Waals surface area contributed by atoms with Crippen LogP contribution in [-0.2, 0) is 0 Å². The summed E-state index contributed by atoms with van der Waals surface area (Å²) >= 11 is 1.75. The molecule has 2 aromatic rings. The highest BCUT2D eigenvalue weighted by molar-refractivity contribution is 7.99. The van der Waals surface area contributed by atoms with E-state index in [4.69, 9.17) is 10.5 Å². The lowest BCUT2D eigenvalue weighted by atomic mass is 10.2. The fourth-order valence-electron chi connectivity index (χ4n) is 1.86. The highest BCUT2D eigenvalue weighted by atomic mass is 32.2. The van der Waals surface area contributed by atoms with Crippen LogP contribution in [0.5, 0.6) is 5.75 Å². The van der Waals surface area contributed by atoms with Crippen LogP contribution >= 0.6 is 11.8 Å². The predicted octanol–water partition coefficient (Wildman–Crippen LogP) is 4.83. The van der Waals surface area contributed by atoms with E-state index in [2.05, 4.69) is 39.0 Å². The second-order valence-electron chi connectivity index (χ2n) is 4.92. The van der Waals surface area contributed by atoms with E-state index in [9.17, 15) is 0 Å². The molecule has 0 amide bonds. The highest BCUT2D eigenvalue weighted by Crippen LogP contribution is 2.35. The van der Waals surface area contributed by atoms with Gasteiger partial charge in [-0.3, -0.25) is 0 Å². The molecule has 0 bridgehead atoms. The Labute approximate surface area is 125 Å². The van der Waals surface area contributed by atoms with Crippen molar-refractivity contribution < 1.29 is 4.74 Å². The Balaban J connectivity index is 2.22. The molecule has 0 aromatic heterocycles. The maximum Gasteiger partial charge on any atom is 0.143 e. The molecule has 0 aliphatic rings. The van der Waals surface area contributed by atoms with Crippen LogP contribution in [0, 0.1) is 13.8 Å². The van der Waals surface area contributed by atoms with Gasteiger partial charge in [-0.05, 0) is 55.7 Å². The number of hydrogen-bond acceptors (Lipinski definition) is 3. The third kappa shape index (κ3) is 3.70. The van der Waals surface area contributed by atoms with Gasteiger partial charge < -0.3 is 10.5 Å². The van der Waals surface area contributed by atoms with Crippen LogP contribution in [0.15, 0.2) is 46.2 Å². The van der Waals surface area contributed by atoms with Crippen molar-refractivity contribution >= 4 is 17.4 Å². The van der Waals surface area contributed by atoms with Gasteiger partial charge in [-0.2, -0.15) is 0 Å². The number of aryl methyl sites for hydroxylation is 2. The van der Waals surface area contributed by atoms with Gasteiger partial charge in [0, 0.05) is 9.79 Å². The quantitative estimate of drug-likeness (QED) is 0.800. The summed E-state index contributed by atoms with van der Waals surface area (Å²) in [5, 5.41) is 0. The molecule has 2 rings (SSSR count). The van der Waals surface area contributed by atoms with Gasteiger partial charge in [0.2, 0.25) is 0 Å². The molecular weight excluding hydrogens is 266 g/mol. The zero-order valence-electron chi connectivity index (χ0n) is 12.3. The van der Waals surface area contributed by atoms with Crippen LogP contribution in [0.25, 0.3) is 0 Å². The zero-order chi connectivity index (χ0) is 14.5. The Morgan fingerprint density at radius 2 is 1.90 bits per heavy atom. The molecule has 0 aliphatic heterocycles. The van der Waals surface area contributed by atoms with Crippen LogP contribution in [0.4, 0.5) is 5.69 Å². The smallest absolute Gasteiger partial charge is 0.143 e. The normalized spacial score (nSPS) is 10.6. The minimum Gasteiger partial charge on any atom is -0.491 e. The van der Waals surface area contributed by atoms with Crippen molar-refractivity contribution in [1.29, 1.82) is 0 Å². The average Bonchev–Trinajstić information content (AvgIpc) is 2.43. The molecule has 3 heteroatoms. The van der Waals surface area contributed by atoms with Crippen molar-refractivity contribution in [2.75, 3.05) is 12.3 Å². The van der Waals surface area contributed by atoms with Gasteiger partial charge in [0.15, 0.2) is 0 Å². The van der Waals surface area contributed by atoms with Gasteiger partial charge in [0.05, 0.1) is 12.3 Å². The number of benzene rings is 2. The zero-order valence-corrected chi connectivity index (χ0v) is 13.1. The van der Waals surface area contributed by atoms with Gasteiger partial charge in [-0.25, -0.2) is 0 Å². The first-order valence-electron chi connectivity index (χ1n) is 6.87.